The monoisotopic (exact) mass is 307 g/mol. The number of nitrogens with zero attached hydrogens (tertiary/aromatic N) is 1. The largest absolute Gasteiger partial charge is 0.444 e. The zero-order valence-electron chi connectivity index (χ0n) is 12.4. The molecule has 2 aliphatic rings. The van der Waals surface area contributed by atoms with E-state index >= 15 is 0 Å². The van der Waals surface area contributed by atoms with Crippen LogP contribution in [0.15, 0.2) is 12.2 Å². The summed E-state index contributed by atoms with van der Waals surface area (Å²) in [7, 11) is 0. The van der Waals surface area contributed by atoms with Crippen LogP contribution in [0.3, 0.4) is 0 Å². The topological polar surface area (TPSA) is 38.8 Å². The maximum Gasteiger partial charge on any atom is 0.412 e. The first-order valence-electron chi connectivity index (χ1n) is 6.80. The third-order valence-electron chi connectivity index (χ3n) is 3.68. The van der Waals surface area contributed by atoms with Gasteiger partial charge in [-0.25, -0.2) is 4.79 Å². The van der Waals surface area contributed by atoms with E-state index in [4.69, 9.17) is 9.47 Å². The zero-order valence-corrected chi connectivity index (χ0v) is 12.4. The lowest BCUT2D eigenvalue weighted by Crippen LogP contribution is -2.63. The van der Waals surface area contributed by atoms with Crippen molar-refractivity contribution in [2.75, 3.05) is 19.7 Å². The number of carbonyl (C=O) groups is 1. The van der Waals surface area contributed by atoms with Crippen LogP contribution in [0.5, 0.6) is 0 Å². The van der Waals surface area contributed by atoms with E-state index < -0.39 is 35.0 Å². The van der Waals surface area contributed by atoms with E-state index in [0.717, 1.165) is 0 Å². The van der Waals surface area contributed by atoms with Crippen molar-refractivity contribution in [1.29, 1.82) is 0 Å². The molecule has 1 amide bonds. The summed E-state index contributed by atoms with van der Waals surface area (Å²) in [5.41, 5.74) is -2.02. The first kappa shape index (κ1) is 16.1. The van der Waals surface area contributed by atoms with Gasteiger partial charge in [0.1, 0.15) is 11.2 Å². The number of halogens is 3. The SMILES string of the molecule is C=C(C1COC2(C1)CN(C(=O)OC(C)(C)C)C2)C(F)(F)F. The van der Waals surface area contributed by atoms with Crippen molar-refractivity contribution in [2.24, 2.45) is 5.92 Å². The highest BCUT2D eigenvalue weighted by Gasteiger charge is 2.54. The molecular weight excluding hydrogens is 287 g/mol. The normalized spacial score (nSPS) is 24.9. The highest BCUT2D eigenvalue weighted by Crippen LogP contribution is 2.44. The summed E-state index contributed by atoms with van der Waals surface area (Å²) >= 11 is 0. The predicted octanol–water partition coefficient (Wildman–Crippen LogP) is 3.13. The van der Waals surface area contributed by atoms with Gasteiger partial charge in [0.05, 0.1) is 19.7 Å². The molecule has 7 heteroatoms. The van der Waals surface area contributed by atoms with E-state index in [1.54, 1.807) is 20.8 Å². The van der Waals surface area contributed by atoms with Gasteiger partial charge in [-0.05, 0) is 27.2 Å². The Morgan fingerprint density at radius 1 is 1.33 bits per heavy atom. The summed E-state index contributed by atoms with van der Waals surface area (Å²) in [5, 5.41) is 0. The molecule has 2 aliphatic heterocycles. The standard InChI is InChI=1S/C14H20F3NO3/c1-9(14(15,16)17)10-5-13(20-6-10)7-18(8-13)11(19)21-12(2,3)4/h10H,1,5-8H2,2-4H3. The Kier molecular flexibility index (Phi) is 3.76. The minimum Gasteiger partial charge on any atom is -0.444 e. The second-order valence-electron chi connectivity index (χ2n) is 6.75. The Morgan fingerprint density at radius 2 is 1.90 bits per heavy atom. The summed E-state index contributed by atoms with van der Waals surface area (Å²) in [5.74, 6) is -0.731. The Bertz CT molecular complexity index is 447. The van der Waals surface area contributed by atoms with Crippen molar-refractivity contribution in [3.63, 3.8) is 0 Å². The lowest BCUT2D eigenvalue weighted by Gasteiger charge is -2.47. The summed E-state index contributed by atoms with van der Waals surface area (Å²) in [6, 6.07) is 0. The van der Waals surface area contributed by atoms with E-state index in [2.05, 4.69) is 6.58 Å². The average molecular weight is 307 g/mol. The summed E-state index contributed by atoms with van der Waals surface area (Å²) < 4.78 is 48.6. The molecule has 0 N–H and O–H groups in total. The van der Waals surface area contributed by atoms with Gasteiger partial charge in [-0.2, -0.15) is 13.2 Å². The van der Waals surface area contributed by atoms with Crippen LogP contribution >= 0.6 is 0 Å². The van der Waals surface area contributed by atoms with E-state index in [9.17, 15) is 18.0 Å². The minimum absolute atomic E-state index is 0.000498. The van der Waals surface area contributed by atoms with Crippen molar-refractivity contribution < 1.29 is 27.4 Å². The molecule has 2 saturated heterocycles. The van der Waals surface area contributed by atoms with Gasteiger partial charge in [0.25, 0.3) is 0 Å². The smallest absolute Gasteiger partial charge is 0.412 e. The molecule has 2 fully saturated rings. The number of rotatable bonds is 1. The van der Waals surface area contributed by atoms with Crippen LogP contribution in [0.25, 0.3) is 0 Å². The highest BCUT2D eigenvalue weighted by molar-refractivity contribution is 5.69. The molecule has 2 rings (SSSR count). The number of ether oxygens (including phenoxy) is 2. The van der Waals surface area contributed by atoms with E-state index in [0.29, 0.717) is 0 Å². The van der Waals surface area contributed by atoms with Crippen molar-refractivity contribution >= 4 is 6.09 Å². The molecule has 0 aromatic carbocycles. The molecule has 21 heavy (non-hydrogen) atoms. The predicted molar refractivity (Wildman–Crippen MR) is 69.8 cm³/mol. The quantitative estimate of drug-likeness (QED) is 0.699. The minimum atomic E-state index is -4.39. The zero-order chi connectivity index (χ0) is 16.1. The summed E-state index contributed by atoms with van der Waals surface area (Å²) in [6.45, 7) is 8.94. The maximum atomic E-state index is 12.6. The van der Waals surface area contributed by atoms with Gasteiger partial charge in [0.2, 0.25) is 0 Å². The summed E-state index contributed by atoms with van der Waals surface area (Å²) in [4.78, 5) is 13.3. The lowest BCUT2D eigenvalue weighted by atomic mass is 9.84. The number of hydrogen-bond acceptors (Lipinski definition) is 3. The number of amides is 1. The second kappa shape index (κ2) is 4.90. The molecule has 1 unspecified atom stereocenters. The fraction of sp³-hybridized carbons (Fsp3) is 0.786. The molecule has 0 aliphatic carbocycles. The lowest BCUT2D eigenvalue weighted by molar-refractivity contribution is -0.109. The van der Waals surface area contributed by atoms with Gasteiger partial charge in [-0.3, -0.25) is 0 Å². The van der Waals surface area contributed by atoms with Crippen LogP contribution in [-0.2, 0) is 9.47 Å². The fourth-order valence-electron chi connectivity index (χ4n) is 2.62. The van der Waals surface area contributed by atoms with Crippen LogP contribution in [0.2, 0.25) is 0 Å². The van der Waals surface area contributed by atoms with Gasteiger partial charge in [0, 0.05) is 11.5 Å². The van der Waals surface area contributed by atoms with E-state index in [1.165, 1.54) is 4.90 Å². The van der Waals surface area contributed by atoms with Crippen LogP contribution in [0.4, 0.5) is 18.0 Å². The molecular formula is C14H20F3NO3. The van der Waals surface area contributed by atoms with Crippen molar-refractivity contribution in [2.45, 2.75) is 44.6 Å². The molecule has 120 valence electrons. The molecule has 4 nitrogen and oxygen atoms in total. The Morgan fingerprint density at radius 3 is 2.38 bits per heavy atom. The van der Waals surface area contributed by atoms with Gasteiger partial charge in [-0.15, -0.1) is 0 Å². The van der Waals surface area contributed by atoms with Gasteiger partial charge in [0.15, 0.2) is 0 Å². The molecule has 1 spiro atoms. The molecule has 2 heterocycles. The Hall–Kier alpha value is -1.24. The number of hydrogen-bond donors (Lipinski definition) is 0. The van der Waals surface area contributed by atoms with E-state index in [-0.39, 0.29) is 26.1 Å². The molecule has 0 aromatic heterocycles. The van der Waals surface area contributed by atoms with Crippen molar-refractivity contribution in [3.8, 4) is 0 Å². The summed E-state index contributed by atoms with van der Waals surface area (Å²) in [6.07, 6.45) is -4.62. The van der Waals surface area contributed by atoms with Crippen LogP contribution in [-0.4, -0.2) is 48.1 Å². The van der Waals surface area contributed by atoms with Crippen LogP contribution in [0.1, 0.15) is 27.2 Å². The average Bonchev–Trinajstić information content (AvgIpc) is 2.66. The number of likely N-dealkylation sites (tertiary alicyclic amines) is 1. The van der Waals surface area contributed by atoms with Crippen molar-refractivity contribution in [3.05, 3.63) is 12.2 Å². The third-order valence-corrected chi connectivity index (χ3v) is 3.68. The maximum absolute atomic E-state index is 12.6. The Labute approximate surface area is 121 Å². The molecule has 0 aromatic rings. The van der Waals surface area contributed by atoms with Gasteiger partial charge in [-0.1, -0.05) is 6.58 Å². The number of alkyl halides is 3. The highest BCUT2D eigenvalue weighted by atomic mass is 19.4. The first-order chi connectivity index (χ1) is 9.42. The number of carbonyl (C=O) groups excluding carboxylic acids is 1. The Balaban J connectivity index is 1.87. The second-order valence-corrected chi connectivity index (χ2v) is 6.75. The first-order valence-corrected chi connectivity index (χ1v) is 6.80. The fourth-order valence-corrected chi connectivity index (χ4v) is 2.62. The third kappa shape index (κ3) is 3.51. The van der Waals surface area contributed by atoms with Crippen LogP contribution in [0, 0.1) is 5.92 Å². The molecule has 0 bridgehead atoms. The van der Waals surface area contributed by atoms with Crippen LogP contribution < -0.4 is 0 Å². The molecule has 0 saturated carbocycles. The van der Waals surface area contributed by atoms with Gasteiger partial charge >= 0.3 is 12.3 Å². The van der Waals surface area contributed by atoms with Gasteiger partial charge < -0.3 is 14.4 Å². The van der Waals surface area contributed by atoms with E-state index in [1.807, 2.05) is 0 Å². The molecule has 1 atom stereocenters. The van der Waals surface area contributed by atoms with Crippen molar-refractivity contribution in [1.82, 2.24) is 4.90 Å². The molecule has 0 radical (unpaired) electrons.